The molecule has 0 bridgehead atoms. The van der Waals surface area contributed by atoms with Crippen LogP contribution in [0, 0.1) is 6.92 Å². The molecule has 19 heavy (non-hydrogen) atoms. The second-order valence-corrected chi connectivity index (χ2v) is 5.31. The van der Waals surface area contributed by atoms with Gasteiger partial charge in [-0.2, -0.15) is 0 Å². The van der Waals surface area contributed by atoms with E-state index in [4.69, 9.17) is 4.98 Å². The molecule has 1 aromatic carbocycles. The van der Waals surface area contributed by atoms with Crippen LogP contribution in [0.5, 0.6) is 0 Å². The van der Waals surface area contributed by atoms with E-state index in [0.29, 0.717) is 0 Å². The smallest absolute Gasteiger partial charge is 0.0746 e. The first-order valence-electron chi connectivity index (χ1n) is 6.95. The Balaban J connectivity index is 2.28. The van der Waals surface area contributed by atoms with Crippen molar-refractivity contribution in [3.05, 3.63) is 58.3 Å². The monoisotopic (exact) mass is 249 g/mol. The van der Waals surface area contributed by atoms with Gasteiger partial charge in [0.15, 0.2) is 0 Å². The maximum absolute atomic E-state index is 4.77. The number of aryl methyl sites for hydroxylation is 1. The summed E-state index contributed by atoms with van der Waals surface area (Å²) in [6.45, 7) is 6.51. The van der Waals surface area contributed by atoms with Crippen LogP contribution in [-0.2, 0) is 6.42 Å². The number of allylic oxidation sites excluding steroid dienone is 3. The molecule has 1 aromatic heterocycles. The fourth-order valence-electron chi connectivity index (χ4n) is 2.79. The third-order valence-corrected chi connectivity index (χ3v) is 4.03. The Kier molecular flexibility index (Phi) is 2.98. The van der Waals surface area contributed by atoms with Gasteiger partial charge in [-0.1, -0.05) is 48.4 Å². The molecule has 96 valence electrons. The molecule has 0 N–H and O–H groups in total. The quantitative estimate of drug-likeness (QED) is 0.704. The van der Waals surface area contributed by atoms with Gasteiger partial charge in [-0.15, -0.1) is 0 Å². The average molecular weight is 249 g/mol. The SMILES string of the molecule is CCC1=C(C)C=Cc2ccc3ccc(C)nc3c2C1. The van der Waals surface area contributed by atoms with E-state index in [1.807, 2.05) is 0 Å². The standard InChI is InChI=1S/C18H19N/c1-4-14-11-17-15(7-5-12(14)2)9-10-16-8-6-13(3)19-18(16)17/h5-10H,4,11H2,1-3H3. The van der Waals surface area contributed by atoms with Crippen molar-refractivity contribution < 1.29 is 0 Å². The van der Waals surface area contributed by atoms with Crippen LogP contribution < -0.4 is 0 Å². The van der Waals surface area contributed by atoms with Gasteiger partial charge >= 0.3 is 0 Å². The Morgan fingerprint density at radius 1 is 1.05 bits per heavy atom. The zero-order valence-corrected chi connectivity index (χ0v) is 11.8. The lowest BCUT2D eigenvalue weighted by molar-refractivity contribution is 0.986. The summed E-state index contributed by atoms with van der Waals surface area (Å²) in [5.74, 6) is 0. The second-order valence-electron chi connectivity index (χ2n) is 5.31. The second kappa shape index (κ2) is 4.65. The van der Waals surface area contributed by atoms with E-state index < -0.39 is 0 Å². The molecule has 0 saturated carbocycles. The first-order chi connectivity index (χ1) is 9.19. The Hall–Kier alpha value is -1.89. The molecule has 3 rings (SSSR count). The van der Waals surface area contributed by atoms with Crippen molar-refractivity contribution in [1.29, 1.82) is 0 Å². The van der Waals surface area contributed by atoms with Crippen LogP contribution in [0.25, 0.3) is 17.0 Å². The summed E-state index contributed by atoms with van der Waals surface area (Å²) in [7, 11) is 0. The molecule has 0 fully saturated rings. The molecule has 0 saturated heterocycles. The first kappa shape index (κ1) is 12.2. The Morgan fingerprint density at radius 2 is 1.84 bits per heavy atom. The number of hydrogen-bond acceptors (Lipinski definition) is 1. The number of pyridine rings is 1. The zero-order chi connectivity index (χ0) is 13.4. The van der Waals surface area contributed by atoms with E-state index in [9.17, 15) is 0 Å². The van der Waals surface area contributed by atoms with E-state index >= 15 is 0 Å². The van der Waals surface area contributed by atoms with Crippen molar-refractivity contribution >= 4 is 17.0 Å². The molecule has 1 heterocycles. The Bertz CT molecular complexity index is 705. The molecule has 1 aliphatic carbocycles. The highest BCUT2D eigenvalue weighted by Gasteiger charge is 2.13. The highest BCUT2D eigenvalue weighted by atomic mass is 14.7. The van der Waals surface area contributed by atoms with Gasteiger partial charge in [-0.25, -0.2) is 0 Å². The van der Waals surface area contributed by atoms with Crippen LogP contribution in [0.4, 0.5) is 0 Å². The van der Waals surface area contributed by atoms with Gasteiger partial charge in [0.05, 0.1) is 5.52 Å². The normalized spacial score (nSPS) is 14.7. The minimum atomic E-state index is 1.03. The van der Waals surface area contributed by atoms with E-state index in [-0.39, 0.29) is 0 Å². The Labute approximate surface area is 114 Å². The highest BCUT2D eigenvalue weighted by molar-refractivity contribution is 5.86. The lowest BCUT2D eigenvalue weighted by Crippen LogP contribution is -1.97. The molecule has 0 spiro atoms. The zero-order valence-electron chi connectivity index (χ0n) is 11.8. The summed E-state index contributed by atoms with van der Waals surface area (Å²) in [5, 5.41) is 1.24. The van der Waals surface area contributed by atoms with Gasteiger partial charge in [0.25, 0.3) is 0 Å². The lowest BCUT2D eigenvalue weighted by atomic mass is 9.95. The first-order valence-corrected chi connectivity index (χ1v) is 6.95. The van der Waals surface area contributed by atoms with Crippen LogP contribution in [0.1, 0.15) is 37.1 Å². The van der Waals surface area contributed by atoms with Gasteiger partial charge in [0, 0.05) is 11.1 Å². The van der Waals surface area contributed by atoms with E-state index in [2.05, 4.69) is 57.2 Å². The molecule has 0 unspecified atom stereocenters. The van der Waals surface area contributed by atoms with Crippen molar-refractivity contribution in [2.24, 2.45) is 0 Å². The Morgan fingerprint density at radius 3 is 2.63 bits per heavy atom. The average Bonchev–Trinajstić information content (AvgIpc) is 2.58. The van der Waals surface area contributed by atoms with Crippen LogP contribution in [0.2, 0.25) is 0 Å². The fraction of sp³-hybridized carbons (Fsp3) is 0.278. The predicted molar refractivity (Wildman–Crippen MR) is 82.2 cm³/mol. The molecule has 0 atom stereocenters. The fourth-order valence-corrected chi connectivity index (χ4v) is 2.79. The van der Waals surface area contributed by atoms with Crippen molar-refractivity contribution in [3.63, 3.8) is 0 Å². The number of benzene rings is 1. The van der Waals surface area contributed by atoms with Crippen molar-refractivity contribution in [2.75, 3.05) is 0 Å². The molecule has 0 radical (unpaired) electrons. The minimum Gasteiger partial charge on any atom is -0.253 e. The van der Waals surface area contributed by atoms with Crippen LogP contribution in [-0.4, -0.2) is 4.98 Å². The summed E-state index contributed by atoms with van der Waals surface area (Å²) in [6, 6.07) is 8.66. The molecule has 2 aromatic rings. The highest BCUT2D eigenvalue weighted by Crippen LogP contribution is 2.29. The largest absolute Gasteiger partial charge is 0.253 e. The molecule has 1 aliphatic rings. The van der Waals surface area contributed by atoms with Crippen molar-refractivity contribution in [2.45, 2.75) is 33.6 Å². The maximum atomic E-state index is 4.77. The molecular formula is C18H19N. The molecule has 0 amide bonds. The van der Waals surface area contributed by atoms with Gasteiger partial charge in [0.1, 0.15) is 0 Å². The molecule has 0 aliphatic heterocycles. The van der Waals surface area contributed by atoms with Crippen LogP contribution in [0.15, 0.2) is 41.5 Å². The summed E-state index contributed by atoms with van der Waals surface area (Å²) in [4.78, 5) is 4.77. The lowest BCUT2D eigenvalue weighted by Gasteiger charge is -2.11. The summed E-state index contributed by atoms with van der Waals surface area (Å²) in [5.41, 5.74) is 7.88. The minimum absolute atomic E-state index is 1.03. The maximum Gasteiger partial charge on any atom is 0.0746 e. The van der Waals surface area contributed by atoms with Crippen molar-refractivity contribution in [3.8, 4) is 0 Å². The number of aromatic nitrogens is 1. The topological polar surface area (TPSA) is 12.9 Å². The number of nitrogens with zero attached hydrogens (tertiary/aromatic N) is 1. The van der Waals surface area contributed by atoms with Crippen LogP contribution >= 0.6 is 0 Å². The number of hydrogen-bond donors (Lipinski definition) is 0. The van der Waals surface area contributed by atoms with E-state index in [1.54, 1.807) is 0 Å². The van der Waals surface area contributed by atoms with Gasteiger partial charge in [-0.3, -0.25) is 4.98 Å². The van der Waals surface area contributed by atoms with Crippen molar-refractivity contribution in [1.82, 2.24) is 4.98 Å². The predicted octanol–water partition coefficient (Wildman–Crippen LogP) is 4.84. The summed E-state index contributed by atoms with van der Waals surface area (Å²) >= 11 is 0. The van der Waals surface area contributed by atoms with Gasteiger partial charge in [0.2, 0.25) is 0 Å². The third-order valence-electron chi connectivity index (χ3n) is 4.03. The number of fused-ring (bicyclic) bond motifs is 3. The summed E-state index contributed by atoms with van der Waals surface area (Å²) in [6.07, 6.45) is 6.61. The number of rotatable bonds is 1. The van der Waals surface area contributed by atoms with E-state index in [0.717, 1.165) is 18.5 Å². The third kappa shape index (κ3) is 2.10. The van der Waals surface area contributed by atoms with Gasteiger partial charge in [-0.05, 0) is 43.9 Å². The molecular weight excluding hydrogens is 230 g/mol. The molecule has 1 nitrogen and oxygen atoms in total. The van der Waals surface area contributed by atoms with E-state index in [1.165, 1.54) is 33.2 Å². The van der Waals surface area contributed by atoms with Crippen LogP contribution in [0.3, 0.4) is 0 Å². The molecule has 1 heteroatoms. The summed E-state index contributed by atoms with van der Waals surface area (Å²) < 4.78 is 0. The van der Waals surface area contributed by atoms with Gasteiger partial charge < -0.3 is 0 Å².